The molecule has 13 nitrogen and oxygen atoms in total. The van der Waals surface area contributed by atoms with Crippen molar-refractivity contribution in [1.82, 2.24) is 25.5 Å². The third-order valence-corrected chi connectivity index (χ3v) is 9.17. The SMILES string of the molecule is CON(CCC1CCCCC1)C(=O)c1ccc(C(=O)Nc2ccc(-c3ccc(NC(=O)c4cccc5c(C(=O)OC(C)(C)C)cccc45)nn3)nn2)cc1. The van der Waals surface area contributed by atoms with Crippen molar-refractivity contribution in [2.24, 2.45) is 5.92 Å². The normalized spacial score (nSPS) is 13.3. The Balaban J connectivity index is 1.04. The van der Waals surface area contributed by atoms with Crippen LogP contribution in [0.4, 0.5) is 11.6 Å². The molecule has 0 spiro atoms. The van der Waals surface area contributed by atoms with Gasteiger partial charge in [0.2, 0.25) is 0 Å². The number of ether oxygens (including phenoxy) is 1. The van der Waals surface area contributed by atoms with Crippen molar-refractivity contribution in [3.05, 3.63) is 107 Å². The molecule has 2 aromatic heterocycles. The lowest BCUT2D eigenvalue weighted by molar-refractivity contribution is -0.0978. The van der Waals surface area contributed by atoms with E-state index >= 15 is 0 Å². The standard InChI is InChI=1S/C41H43N7O6/c1-41(2,3)54-40(52)32-15-9-12-29-30(32)13-8-14-31(29)38(50)43-36-23-21-34(45-47-36)33-20-22-35(46-44-33)42-37(49)27-16-18-28(19-17-27)39(51)48(53-4)25-24-26-10-6-5-7-11-26/h8-9,12-23,26H,5-7,10-11,24-25H2,1-4H3,(H,42,46,49)(H,43,47,50). The van der Waals surface area contributed by atoms with Gasteiger partial charge in [0.05, 0.1) is 12.7 Å². The van der Waals surface area contributed by atoms with Gasteiger partial charge in [0.1, 0.15) is 17.0 Å². The number of esters is 1. The van der Waals surface area contributed by atoms with Crippen molar-refractivity contribution in [2.75, 3.05) is 24.3 Å². The van der Waals surface area contributed by atoms with Crippen LogP contribution in [0, 0.1) is 5.92 Å². The van der Waals surface area contributed by atoms with Crippen LogP contribution in [0.1, 0.15) is 101 Å². The minimum absolute atomic E-state index is 0.211. The van der Waals surface area contributed by atoms with Crippen molar-refractivity contribution in [1.29, 1.82) is 0 Å². The van der Waals surface area contributed by atoms with Crippen molar-refractivity contribution in [2.45, 2.75) is 64.9 Å². The Morgan fingerprint density at radius 1 is 0.685 bits per heavy atom. The molecule has 2 heterocycles. The average Bonchev–Trinajstić information content (AvgIpc) is 3.18. The van der Waals surface area contributed by atoms with Gasteiger partial charge < -0.3 is 15.4 Å². The van der Waals surface area contributed by atoms with Crippen molar-refractivity contribution in [3.8, 4) is 11.4 Å². The van der Waals surface area contributed by atoms with Gasteiger partial charge in [0.25, 0.3) is 17.7 Å². The molecule has 2 N–H and O–H groups in total. The van der Waals surface area contributed by atoms with Gasteiger partial charge in [-0.2, -0.15) is 0 Å². The van der Waals surface area contributed by atoms with Gasteiger partial charge in [-0.05, 0) is 105 Å². The predicted octanol–water partition coefficient (Wildman–Crippen LogP) is 7.52. The van der Waals surface area contributed by atoms with E-state index in [0.29, 0.717) is 56.9 Å². The molecule has 6 rings (SSSR count). The van der Waals surface area contributed by atoms with Crippen molar-refractivity contribution < 1.29 is 28.8 Å². The highest BCUT2D eigenvalue weighted by molar-refractivity contribution is 6.16. The zero-order valence-corrected chi connectivity index (χ0v) is 30.8. The smallest absolute Gasteiger partial charge is 0.339 e. The van der Waals surface area contributed by atoms with Crippen molar-refractivity contribution >= 4 is 46.1 Å². The molecule has 0 aliphatic heterocycles. The molecule has 1 aliphatic carbocycles. The second-order valence-electron chi connectivity index (χ2n) is 14.2. The Morgan fingerprint density at radius 3 is 1.80 bits per heavy atom. The van der Waals surface area contributed by atoms with E-state index in [1.165, 1.54) is 44.3 Å². The van der Waals surface area contributed by atoms with Crippen LogP contribution in [0.15, 0.2) is 84.9 Å². The lowest BCUT2D eigenvalue weighted by Gasteiger charge is -2.25. The Labute approximate surface area is 313 Å². The number of hydrogen-bond donors (Lipinski definition) is 2. The molecule has 3 amide bonds. The Hall–Kier alpha value is -6.08. The third-order valence-electron chi connectivity index (χ3n) is 9.17. The molecule has 5 aromatic rings. The maximum atomic E-state index is 13.3. The number of nitrogens with one attached hydrogen (secondary N) is 2. The number of benzene rings is 3. The molecule has 54 heavy (non-hydrogen) atoms. The molecule has 0 radical (unpaired) electrons. The number of aromatic nitrogens is 4. The minimum atomic E-state index is -0.665. The predicted molar refractivity (Wildman–Crippen MR) is 204 cm³/mol. The van der Waals surface area contributed by atoms with Crippen LogP contribution >= 0.6 is 0 Å². The molecule has 1 fully saturated rings. The molecule has 0 saturated heterocycles. The highest BCUT2D eigenvalue weighted by Crippen LogP contribution is 2.28. The summed E-state index contributed by atoms with van der Waals surface area (Å²) >= 11 is 0. The van der Waals surface area contributed by atoms with Gasteiger partial charge in [-0.3, -0.25) is 19.2 Å². The van der Waals surface area contributed by atoms with E-state index in [4.69, 9.17) is 9.57 Å². The summed E-state index contributed by atoms with van der Waals surface area (Å²) in [4.78, 5) is 57.5. The quantitative estimate of drug-likeness (QED) is 0.103. The van der Waals surface area contributed by atoms with E-state index in [1.807, 2.05) is 0 Å². The highest BCUT2D eigenvalue weighted by atomic mass is 16.7. The molecule has 3 aromatic carbocycles. The van der Waals surface area contributed by atoms with Gasteiger partial charge in [-0.15, -0.1) is 20.4 Å². The van der Waals surface area contributed by atoms with Crippen LogP contribution in [-0.2, 0) is 9.57 Å². The fourth-order valence-corrected chi connectivity index (χ4v) is 6.42. The number of carbonyl (C=O) groups excluding carboxylic acids is 4. The number of amides is 3. The van der Waals surface area contributed by atoms with Crippen molar-refractivity contribution in [3.63, 3.8) is 0 Å². The van der Waals surface area contributed by atoms with E-state index in [2.05, 4.69) is 31.0 Å². The number of carbonyl (C=O) groups is 4. The summed E-state index contributed by atoms with van der Waals surface area (Å²) in [6.07, 6.45) is 7.07. The Morgan fingerprint density at radius 2 is 1.24 bits per heavy atom. The number of fused-ring (bicyclic) bond motifs is 1. The Bertz CT molecular complexity index is 2130. The second kappa shape index (κ2) is 16.7. The molecule has 1 saturated carbocycles. The van der Waals surface area contributed by atoms with E-state index in [1.54, 1.807) is 106 Å². The first-order chi connectivity index (χ1) is 26.0. The molecular formula is C41H43N7O6. The van der Waals surface area contributed by atoms with Crippen LogP contribution in [0.2, 0.25) is 0 Å². The fraction of sp³-hybridized carbons (Fsp3) is 0.317. The first-order valence-corrected chi connectivity index (χ1v) is 18.0. The summed E-state index contributed by atoms with van der Waals surface area (Å²) in [7, 11) is 1.49. The van der Waals surface area contributed by atoms with Crippen LogP contribution < -0.4 is 10.6 Å². The molecule has 278 valence electrons. The largest absolute Gasteiger partial charge is 0.456 e. The van der Waals surface area contributed by atoms with Gasteiger partial charge in [0.15, 0.2) is 11.6 Å². The van der Waals surface area contributed by atoms with E-state index in [0.717, 1.165) is 6.42 Å². The van der Waals surface area contributed by atoms with Gasteiger partial charge in [-0.1, -0.05) is 56.4 Å². The average molecular weight is 730 g/mol. The maximum Gasteiger partial charge on any atom is 0.339 e. The van der Waals surface area contributed by atoms with E-state index in [9.17, 15) is 19.2 Å². The monoisotopic (exact) mass is 729 g/mol. The number of nitrogens with zero attached hydrogens (tertiary/aromatic N) is 5. The number of anilines is 2. The lowest BCUT2D eigenvalue weighted by atomic mass is 9.87. The molecule has 1 aliphatic rings. The second-order valence-corrected chi connectivity index (χ2v) is 14.2. The zero-order valence-electron chi connectivity index (χ0n) is 30.8. The van der Waals surface area contributed by atoms with E-state index in [-0.39, 0.29) is 17.5 Å². The van der Waals surface area contributed by atoms with E-state index < -0.39 is 23.4 Å². The summed E-state index contributed by atoms with van der Waals surface area (Å²) in [5, 5.41) is 24.6. The molecule has 13 heteroatoms. The van der Waals surface area contributed by atoms with Crippen LogP contribution in [0.5, 0.6) is 0 Å². The van der Waals surface area contributed by atoms with Crippen LogP contribution in [-0.4, -0.2) is 68.4 Å². The summed E-state index contributed by atoms with van der Waals surface area (Å²) in [5.41, 5.74) is 1.63. The number of hydroxylamine groups is 2. The summed E-state index contributed by atoms with van der Waals surface area (Å²) in [6, 6.07) is 23.1. The molecular weight excluding hydrogens is 686 g/mol. The summed E-state index contributed by atoms with van der Waals surface area (Å²) in [6.45, 7) is 5.92. The number of hydrogen-bond acceptors (Lipinski definition) is 10. The highest BCUT2D eigenvalue weighted by Gasteiger charge is 2.22. The van der Waals surface area contributed by atoms with Gasteiger partial charge in [0, 0.05) is 23.2 Å². The third kappa shape index (κ3) is 9.28. The first-order valence-electron chi connectivity index (χ1n) is 18.0. The number of rotatable bonds is 11. The fourth-order valence-electron chi connectivity index (χ4n) is 6.42. The summed E-state index contributed by atoms with van der Waals surface area (Å²) in [5.74, 6) is -0.509. The van der Waals surface area contributed by atoms with Crippen LogP contribution in [0.25, 0.3) is 22.2 Å². The van der Waals surface area contributed by atoms with Crippen LogP contribution in [0.3, 0.4) is 0 Å². The summed E-state index contributed by atoms with van der Waals surface area (Å²) < 4.78 is 5.56. The topological polar surface area (TPSA) is 166 Å². The zero-order chi connectivity index (χ0) is 38.2. The molecule has 0 unspecified atom stereocenters. The molecule has 0 atom stereocenters. The molecule has 0 bridgehead atoms. The van der Waals surface area contributed by atoms with Gasteiger partial charge >= 0.3 is 5.97 Å². The Kier molecular flexibility index (Phi) is 11.7. The first kappa shape index (κ1) is 37.7. The maximum absolute atomic E-state index is 13.3. The van der Waals surface area contributed by atoms with Gasteiger partial charge in [-0.25, -0.2) is 9.86 Å². The lowest BCUT2D eigenvalue weighted by Crippen LogP contribution is -2.32. The minimum Gasteiger partial charge on any atom is -0.456 e.